The summed E-state index contributed by atoms with van der Waals surface area (Å²) in [5, 5.41) is 1.82. The lowest BCUT2D eigenvalue weighted by molar-refractivity contribution is 0.0786. The van der Waals surface area contributed by atoms with Gasteiger partial charge in [0.25, 0.3) is 5.91 Å². The molecule has 1 aliphatic rings. The molecular weight excluding hydrogens is 244 g/mol. The number of amides is 1. The standard InChI is InChI=1S/C14H14N2OS/c17-14(13-9-18-10-15-13)16-7-6-12(8-16)11-4-2-1-3-5-11/h1-5,9-10,12H,6-8H2. The second-order valence-corrected chi connectivity index (χ2v) is 5.24. The number of hydrogen-bond donors (Lipinski definition) is 0. The van der Waals surface area contributed by atoms with Gasteiger partial charge in [-0.2, -0.15) is 0 Å². The maximum Gasteiger partial charge on any atom is 0.273 e. The van der Waals surface area contributed by atoms with E-state index in [2.05, 4.69) is 29.2 Å². The van der Waals surface area contributed by atoms with Crippen molar-refractivity contribution in [1.82, 2.24) is 9.88 Å². The summed E-state index contributed by atoms with van der Waals surface area (Å²) in [6, 6.07) is 10.4. The molecule has 1 aliphatic heterocycles. The minimum Gasteiger partial charge on any atom is -0.337 e. The van der Waals surface area contributed by atoms with Crippen molar-refractivity contribution in [2.75, 3.05) is 13.1 Å². The van der Waals surface area contributed by atoms with E-state index in [0.29, 0.717) is 11.6 Å². The van der Waals surface area contributed by atoms with Gasteiger partial charge in [-0.15, -0.1) is 11.3 Å². The van der Waals surface area contributed by atoms with Crippen molar-refractivity contribution in [2.24, 2.45) is 0 Å². The topological polar surface area (TPSA) is 33.2 Å². The quantitative estimate of drug-likeness (QED) is 0.830. The number of hydrogen-bond acceptors (Lipinski definition) is 3. The van der Waals surface area contributed by atoms with Gasteiger partial charge in [-0.25, -0.2) is 4.98 Å². The van der Waals surface area contributed by atoms with Gasteiger partial charge in [0.05, 0.1) is 5.51 Å². The fourth-order valence-electron chi connectivity index (χ4n) is 2.42. The SMILES string of the molecule is O=C(c1cscn1)N1CCC(c2ccccc2)C1. The second kappa shape index (κ2) is 4.90. The Morgan fingerprint density at radius 3 is 2.89 bits per heavy atom. The predicted octanol–water partition coefficient (Wildman–Crippen LogP) is 2.77. The number of rotatable bonds is 2. The Balaban J connectivity index is 1.71. The van der Waals surface area contributed by atoms with Crippen LogP contribution in [0.2, 0.25) is 0 Å². The molecule has 0 spiro atoms. The van der Waals surface area contributed by atoms with Crippen molar-refractivity contribution in [2.45, 2.75) is 12.3 Å². The van der Waals surface area contributed by atoms with Crippen LogP contribution in [0.15, 0.2) is 41.2 Å². The molecule has 3 nitrogen and oxygen atoms in total. The van der Waals surface area contributed by atoms with E-state index in [-0.39, 0.29) is 5.91 Å². The highest BCUT2D eigenvalue weighted by molar-refractivity contribution is 7.07. The van der Waals surface area contributed by atoms with Crippen molar-refractivity contribution in [3.05, 3.63) is 52.5 Å². The van der Waals surface area contributed by atoms with Crippen LogP contribution in [0.4, 0.5) is 0 Å². The number of nitrogens with zero attached hydrogens (tertiary/aromatic N) is 2. The van der Waals surface area contributed by atoms with Crippen molar-refractivity contribution < 1.29 is 4.79 Å². The first-order valence-electron chi connectivity index (χ1n) is 6.07. The average molecular weight is 258 g/mol. The van der Waals surface area contributed by atoms with Crippen molar-refractivity contribution in [3.8, 4) is 0 Å². The molecule has 2 aromatic rings. The van der Waals surface area contributed by atoms with Crippen molar-refractivity contribution in [3.63, 3.8) is 0 Å². The molecule has 1 saturated heterocycles. The molecule has 1 unspecified atom stereocenters. The molecule has 0 saturated carbocycles. The lowest BCUT2D eigenvalue weighted by Crippen LogP contribution is -2.28. The maximum atomic E-state index is 12.2. The second-order valence-electron chi connectivity index (χ2n) is 4.52. The molecular formula is C14H14N2OS. The zero-order chi connectivity index (χ0) is 12.4. The summed E-state index contributed by atoms with van der Waals surface area (Å²) >= 11 is 1.47. The Kier molecular flexibility index (Phi) is 3.11. The van der Waals surface area contributed by atoms with Gasteiger partial charge in [-0.05, 0) is 12.0 Å². The van der Waals surface area contributed by atoms with Gasteiger partial charge in [0.1, 0.15) is 5.69 Å². The van der Waals surface area contributed by atoms with Gasteiger partial charge < -0.3 is 4.90 Å². The summed E-state index contributed by atoms with van der Waals surface area (Å²) in [5.74, 6) is 0.531. The molecule has 1 fully saturated rings. The Labute approximate surface area is 110 Å². The summed E-state index contributed by atoms with van der Waals surface area (Å²) in [6.07, 6.45) is 1.04. The van der Waals surface area contributed by atoms with Gasteiger partial charge in [-0.1, -0.05) is 30.3 Å². The number of benzene rings is 1. The minimum absolute atomic E-state index is 0.0645. The average Bonchev–Trinajstić information content (AvgIpc) is 3.10. The van der Waals surface area contributed by atoms with Crippen molar-refractivity contribution in [1.29, 1.82) is 0 Å². The normalized spacial score (nSPS) is 19.1. The van der Waals surface area contributed by atoms with Crippen LogP contribution in [0.25, 0.3) is 0 Å². The van der Waals surface area contributed by atoms with E-state index in [1.807, 2.05) is 16.3 Å². The van der Waals surface area contributed by atoms with Crippen LogP contribution in [0, 0.1) is 0 Å². The predicted molar refractivity (Wildman–Crippen MR) is 71.8 cm³/mol. The van der Waals surface area contributed by atoms with Crippen LogP contribution in [-0.4, -0.2) is 28.9 Å². The van der Waals surface area contributed by atoms with Crippen LogP contribution >= 0.6 is 11.3 Å². The maximum absolute atomic E-state index is 12.2. The Morgan fingerprint density at radius 1 is 1.33 bits per heavy atom. The first-order chi connectivity index (χ1) is 8.84. The van der Waals surface area contributed by atoms with Gasteiger partial charge in [0.15, 0.2) is 0 Å². The molecule has 92 valence electrons. The summed E-state index contributed by atoms with van der Waals surface area (Å²) in [5.41, 5.74) is 3.61. The number of likely N-dealkylation sites (tertiary alicyclic amines) is 1. The van der Waals surface area contributed by atoms with Crippen molar-refractivity contribution >= 4 is 17.2 Å². The smallest absolute Gasteiger partial charge is 0.273 e. The number of thiazole rings is 1. The molecule has 0 bridgehead atoms. The van der Waals surface area contributed by atoms with Crippen LogP contribution in [0.3, 0.4) is 0 Å². The van der Waals surface area contributed by atoms with Gasteiger partial charge in [-0.3, -0.25) is 4.79 Å². The van der Waals surface area contributed by atoms with E-state index in [1.54, 1.807) is 5.51 Å². The van der Waals surface area contributed by atoms with Gasteiger partial charge in [0, 0.05) is 24.4 Å². The molecule has 4 heteroatoms. The Hall–Kier alpha value is -1.68. The highest BCUT2D eigenvalue weighted by atomic mass is 32.1. The Bertz CT molecular complexity index is 524. The van der Waals surface area contributed by atoms with Gasteiger partial charge >= 0.3 is 0 Å². The minimum atomic E-state index is 0.0645. The number of carbonyl (C=O) groups is 1. The molecule has 2 heterocycles. The molecule has 1 aromatic heterocycles. The fraction of sp³-hybridized carbons (Fsp3) is 0.286. The monoisotopic (exact) mass is 258 g/mol. The lowest BCUT2D eigenvalue weighted by atomic mass is 9.99. The number of carbonyl (C=O) groups excluding carboxylic acids is 1. The first kappa shape index (κ1) is 11.4. The highest BCUT2D eigenvalue weighted by Crippen LogP contribution is 2.27. The zero-order valence-corrected chi connectivity index (χ0v) is 10.8. The molecule has 0 radical (unpaired) electrons. The summed E-state index contributed by atoms with van der Waals surface area (Å²) in [7, 11) is 0. The fourth-order valence-corrected chi connectivity index (χ4v) is 2.95. The zero-order valence-electron chi connectivity index (χ0n) is 9.95. The molecule has 0 aliphatic carbocycles. The highest BCUT2D eigenvalue weighted by Gasteiger charge is 2.28. The van der Waals surface area contributed by atoms with Crippen LogP contribution in [0.1, 0.15) is 28.4 Å². The van der Waals surface area contributed by atoms with Crippen LogP contribution in [0.5, 0.6) is 0 Å². The summed E-state index contributed by atoms with van der Waals surface area (Å²) < 4.78 is 0. The Morgan fingerprint density at radius 2 is 2.17 bits per heavy atom. The molecule has 1 atom stereocenters. The third-order valence-electron chi connectivity index (χ3n) is 3.40. The third kappa shape index (κ3) is 2.16. The largest absolute Gasteiger partial charge is 0.337 e. The number of aromatic nitrogens is 1. The summed E-state index contributed by atoms with van der Waals surface area (Å²) in [4.78, 5) is 18.2. The molecule has 18 heavy (non-hydrogen) atoms. The lowest BCUT2D eigenvalue weighted by Gasteiger charge is -2.15. The van der Waals surface area contributed by atoms with E-state index in [1.165, 1.54) is 16.9 Å². The molecule has 3 rings (SSSR count). The third-order valence-corrected chi connectivity index (χ3v) is 3.98. The van der Waals surface area contributed by atoms with Crippen LogP contribution < -0.4 is 0 Å². The van der Waals surface area contributed by atoms with Crippen LogP contribution in [-0.2, 0) is 0 Å². The van der Waals surface area contributed by atoms with Gasteiger partial charge in [0.2, 0.25) is 0 Å². The van der Waals surface area contributed by atoms with E-state index in [0.717, 1.165) is 19.5 Å². The molecule has 0 N–H and O–H groups in total. The molecule has 1 amide bonds. The van der Waals surface area contributed by atoms with E-state index in [4.69, 9.17) is 0 Å². The van der Waals surface area contributed by atoms with E-state index >= 15 is 0 Å². The summed E-state index contributed by atoms with van der Waals surface area (Å²) in [6.45, 7) is 1.64. The van der Waals surface area contributed by atoms with E-state index < -0.39 is 0 Å². The molecule has 1 aromatic carbocycles. The first-order valence-corrected chi connectivity index (χ1v) is 7.01. The van der Waals surface area contributed by atoms with E-state index in [9.17, 15) is 4.79 Å².